The molecule has 18 nitrogen and oxygen atoms in total. The molecule has 0 aliphatic carbocycles. The van der Waals surface area contributed by atoms with E-state index in [4.69, 9.17) is 57.6 Å². The third-order valence-corrected chi connectivity index (χ3v) is 25.0. The molecule has 2 saturated heterocycles. The third kappa shape index (κ3) is 31.8. The molecule has 12 aromatic rings. The Bertz CT molecular complexity index is 5910. The molecule has 0 amide bonds. The molecule has 142 heavy (non-hydrogen) atoms. The Labute approximate surface area is 833 Å². The molecule has 2 aliphatic rings. The molecule has 22 heteroatoms. The van der Waals surface area contributed by atoms with E-state index in [0.717, 1.165) is 139 Å². The van der Waals surface area contributed by atoms with Crippen LogP contribution in [0.15, 0.2) is 243 Å². The molecule has 6 atom stereocenters. The lowest BCUT2D eigenvalue weighted by Crippen LogP contribution is -2.25. The van der Waals surface area contributed by atoms with Gasteiger partial charge in [-0.15, -0.1) is 0 Å². The molecule has 0 radical (unpaired) electrons. The van der Waals surface area contributed by atoms with Crippen LogP contribution >= 0.6 is 0 Å². The number of hydrogen-bond acceptors (Lipinski definition) is 16. The standard InChI is InChI=1S/2C33H39FO5.2C27H29FO4/c2*1-22(17-31(35)36-5)24-9-8-10-25(19-24)38-21-23-12-14-27(29(18-23)33(2,3)4)28-20-26(13-15-30(28)34)39-32-11-6-7-16-37-32;2*1-17(12-26(30)31)19-6-5-7-21(14-19)32-16-18-8-10-22(24(13-18)27(2,3)4)23-15-20(29)9-11-25(23)28/h2*8-10,12-15,18-20,22,32H,6-7,11,16-17,21H2,1-5H3;2*5-11,13-15,17,29H,12,16H2,1-4H3,(H,30,31)/t2*22-,32?;2*17-/m1111/s1. The van der Waals surface area contributed by atoms with Crippen LogP contribution in [0.25, 0.3) is 44.5 Å². The molecule has 2 heterocycles. The molecular formula is C120H136F4O18. The lowest BCUT2D eigenvalue weighted by Gasteiger charge is -2.26. The van der Waals surface area contributed by atoms with Crippen molar-refractivity contribution in [1.82, 2.24) is 0 Å². The largest absolute Gasteiger partial charge is 0.508 e. The van der Waals surface area contributed by atoms with Crippen molar-refractivity contribution in [3.8, 4) is 90.5 Å². The van der Waals surface area contributed by atoms with E-state index in [1.807, 2.05) is 185 Å². The van der Waals surface area contributed by atoms with Gasteiger partial charge in [-0.1, -0.05) is 232 Å². The quantitative estimate of drug-likeness (QED) is 0.0226. The number of phenols is 2. The lowest BCUT2D eigenvalue weighted by molar-refractivity contribution is -0.141. The van der Waals surface area contributed by atoms with Gasteiger partial charge in [-0.05, 0) is 281 Å². The zero-order valence-corrected chi connectivity index (χ0v) is 84.9. The molecule has 0 spiro atoms. The number of aliphatic carboxylic acids is 2. The molecule has 12 aromatic carbocycles. The predicted molar refractivity (Wildman–Crippen MR) is 548 cm³/mol. The minimum Gasteiger partial charge on any atom is -0.508 e. The first-order valence-corrected chi connectivity index (χ1v) is 48.5. The van der Waals surface area contributed by atoms with E-state index in [1.54, 1.807) is 24.3 Å². The maximum Gasteiger partial charge on any atom is 0.306 e. The maximum atomic E-state index is 15.1. The number of rotatable bonds is 32. The van der Waals surface area contributed by atoms with Gasteiger partial charge in [-0.25, -0.2) is 17.6 Å². The zero-order valence-electron chi connectivity index (χ0n) is 84.9. The van der Waals surface area contributed by atoms with Crippen LogP contribution in [-0.4, -0.2) is 84.3 Å². The van der Waals surface area contributed by atoms with Crippen LogP contribution in [0.5, 0.6) is 46.0 Å². The maximum absolute atomic E-state index is 15.1. The van der Waals surface area contributed by atoms with Crippen LogP contribution in [-0.2, 0) is 86.2 Å². The molecule has 752 valence electrons. The smallest absolute Gasteiger partial charge is 0.306 e. The number of hydrogen-bond donors (Lipinski definition) is 4. The predicted octanol–water partition coefficient (Wildman–Crippen LogP) is 29.2. The molecule has 4 N–H and O–H groups in total. The monoisotopic (exact) mass is 1940 g/mol. The summed E-state index contributed by atoms with van der Waals surface area (Å²) in [5.74, 6) is 0.364. The number of carboxylic acids is 2. The number of carbonyl (C=O) groups is 4. The number of aromatic hydroxyl groups is 2. The summed E-state index contributed by atoms with van der Waals surface area (Å²) in [7, 11) is 2.80. The molecule has 0 bridgehead atoms. The first-order chi connectivity index (χ1) is 67.4. The summed E-state index contributed by atoms with van der Waals surface area (Å²) in [6.07, 6.45) is 6.04. The van der Waals surface area contributed by atoms with Crippen molar-refractivity contribution < 1.29 is 105 Å². The number of phenolic OH excluding ortho intramolecular Hbond substituents is 2. The fraction of sp³-hybridized carbons (Fsp3) is 0.367. The van der Waals surface area contributed by atoms with Gasteiger partial charge in [0.15, 0.2) is 12.6 Å². The van der Waals surface area contributed by atoms with Crippen molar-refractivity contribution >= 4 is 23.9 Å². The van der Waals surface area contributed by atoms with Crippen LogP contribution in [0.2, 0.25) is 0 Å². The molecule has 14 rings (SSSR count). The molecule has 0 aromatic heterocycles. The fourth-order valence-corrected chi connectivity index (χ4v) is 17.0. The van der Waals surface area contributed by atoms with Crippen molar-refractivity contribution in [3.63, 3.8) is 0 Å². The van der Waals surface area contributed by atoms with Gasteiger partial charge in [0.1, 0.15) is 95.7 Å². The summed E-state index contributed by atoms with van der Waals surface area (Å²) in [5.41, 5.74) is 15.5. The van der Waals surface area contributed by atoms with Crippen molar-refractivity contribution in [2.75, 3.05) is 27.4 Å². The second kappa shape index (κ2) is 49.8. The first-order valence-electron chi connectivity index (χ1n) is 48.5. The lowest BCUT2D eigenvalue weighted by atomic mass is 9.81. The normalized spacial score (nSPS) is 14.6. The Kier molecular flexibility index (Phi) is 38.2. The van der Waals surface area contributed by atoms with Crippen LogP contribution < -0.4 is 28.4 Å². The average Bonchev–Trinajstić information content (AvgIpc) is 0.795. The third-order valence-electron chi connectivity index (χ3n) is 25.0. The molecule has 0 saturated carbocycles. The highest BCUT2D eigenvalue weighted by molar-refractivity contribution is 5.76. The molecular weight excluding hydrogens is 1810 g/mol. The van der Waals surface area contributed by atoms with Crippen molar-refractivity contribution in [1.29, 1.82) is 0 Å². The topological polar surface area (TPSA) is 241 Å². The highest BCUT2D eigenvalue weighted by atomic mass is 19.1. The number of carboxylic acid groups (broad SMARTS) is 2. The highest BCUT2D eigenvalue weighted by Crippen LogP contribution is 2.44. The number of ether oxygens (including phenoxy) is 10. The Balaban J connectivity index is 0.000000182. The summed E-state index contributed by atoms with van der Waals surface area (Å²) in [4.78, 5) is 45.3. The summed E-state index contributed by atoms with van der Waals surface area (Å²) in [6, 6.07) is 72.0. The molecule has 2 fully saturated rings. The van der Waals surface area contributed by atoms with Crippen LogP contribution in [0.4, 0.5) is 17.6 Å². The van der Waals surface area contributed by atoms with Crippen molar-refractivity contribution in [3.05, 3.63) is 333 Å². The van der Waals surface area contributed by atoms with Gasteiger partial charge in [0.2, 0.25) is 0 Å². The second-order valence-corrected chi connectivity index (χ2v) is 40.8. The average molecular weight is 1940 g/mol. The van der Waals surface area contributed by atoms with Gasteiger partial charge < -0.3 is 67.8 Å². The van der Waals surface area contributed by atoms with E-state index in [2.05, 4.69) is 95.2 Å². The van der Waals surface area contributed by atoms with Gasteiger partial charge in [0.05, 0.1) is 53.1 Å². The van der Waals surface area contributed by atoms with Crippen LogP contribution in [0.3, 0.4) is 0 Å². The Morgan fingerprint density at radius 3 is 0.824 bits per heavy atom. The van der Waals surface area contributed by atoms with E-state index in [9.17, 15) is 38.2 Å². The summed E-state index contributed by atoms with van der Waals surface area (Å²) < 4.78 is 117. The number of esters is 2. The first kappa shape index (κ1) is 109. The van der Waals surface area contributed by atoms with E-state index in [0.29, 0.717) is 97.7 Å². The summed E-state index contributed by atoms with van der Waals surface area (Å²) >= 11 is 0. The van der Waals surface area contributed by atoms with Gasteiger partial charge >= 0.3 is 23.9 Å². The Morgan fingerprint density at radius 1 is 0.317 bits per heavy atom. The van der Waals surface area contributed by atoms with E-state index in [-0.39, 0.29) is 117 Å². The van der Waals surface area contributed by atoms with E-state index in [1.165, 1.54) is 62.8 Å². The van der Waals surface area contributed by atoms with Gasteiger partial charge in [-0.3, -0.25) is 19.2 Å². The summed E-state index contributed by atoms with van der Waals surface area (Å²) in [6.45, 7) is 35.6. The Morgan fingerprint density at radius 2 is 0.577 bits per heavy atom. The Hall–Kier alpha value is -13.4. The summed E-state index contributed by atoms with van der Waals surface area (Å²) in [5, 5.41) is 37.7. The number of halogens is 4. The van der Waals surface area contributed by atoms with Crippen molar-refractivity contribution in [2.45, 2.75) is 259 Å². The van der Waals surface area contributed by atoms with Gasteiger partial charge in [0, 0.05) is 35.1 Å². The van der Waals surface area contributed by atoms with E-state index >= 15 is 8.78 Å². The minimum absolute atomic E-state index is 0.0191. The van der Waals surface area contributed by atoms with Crippen molar-refractivity contribution in [2.24, 2.45) is 0 Å². The molecule has 2 aliphatic heterocycles. The second-order valence-electron chi connectivity index (χ2n) is 40.8. The van der Waals surface area contributed by atoms with Gasteiger partial charge in [-0.2, -0.15) is 0 Å². The van der Waals surface area contributed by atoms with Gasteiger partial charge in [0.25, 0.3) is 0 Å². The van der Waals surface area contributed by atoms with Crippen LogP contribution in [0.1, 0.15) is 265 Å². The van der Waals surface area contributed by atoms with E-state index < -0.39 is 11.9 Å². The molecule has 2 unspecified atom stereocenters. The number of methoxy groups -OCH3 is 2. The number of carbonyl (C=O) groups excluding carboxylic acids is 2. The zero-order chi connectivity index (χ0) is 103. The highest BCUT2D eigenvalue weighted by Gasteiger charge is 2.30. The van der Waals surface area contributed by atoms with Crippen LogP contribution in [0, 0.1) is 23.3 Å². The SMILES string of the molecule is COC(=O)C[C@@H](C)c1cccc(OCc2ccc(-c3cc(OC4CCCCO4)ccc3F)c(C(C)(C)C)c2)c1.COC(=O)C[C@@H](C)c1cccc(OCc2ccc(-c3cc(OC4CCCCO4)ccc3F)c(C(C)(C)C)c2)c1.C[C@H](CC(=O)O)c1cccc(OCc2ccc(-c3cc(O)ccc3F)c(C(C)(C)C)c2)c1.C[C@H](CC(=O)O)c1cccc(OCc2ccc(-c3cc(O)ccc3F)c(C(C)(C)C)c2)c1. The number of benzene rings is 12. The minimum atomic E-state index is -0.832. The fourth-order valence-electron chi connectivity index (χ4n) is 17.0.